The maximum atomic E-state index is 2.25. The van der Waals surface area contributed by atoms with Crippen LogP contribution in [0.25, 0.3) is 0 Å². The Morgan fingerprint density at radius 3 is 3.00 bits per heavy atom. The number of hydrogen-bond donors (Lipinski definition) is 0. The van der Waals surface area contributed by atoms with E-state index >= 15 is 0 Å². The predicted molar refractivity (Wildman–Crippen MR) is 67.4 cm³/mol. The normalized spacial score (nSPS) is 26.7. The Hall–Kier alpha value is 0.880. The zero-order valence-corrected chi connectivity index (χ0v) is 10.0. The molecule has 0 saturated heterocycles. The summed E-state index contributed by atoms with van der Waals surface area (Å²) in [6.07, 6.45) is 10.4. The molecule has 0 aliphatic carbocycles. The fraction of sp³-hybridized carbons (Fsp3) is 0.500. The van der Waals surface area contributed by atoms with Crippen LogP contribution < -0.4 is 0 Å². The largest absolute Gasteiger partial charge is 0.0845 e. The SMILES string of the molecule is C1=C\SSSSCCCC/C=C/1. The molecule has 68 valence electrons. The second-order valence-electron chi connectivity index (χ2n) is 2.31. The third-order valence-corrected chi connectivity index (χ3v) is 7.40. The predicted octanol–water partition coefficient (Wildman–Crippen LogP) is 4.92. The lowest BCUT2D eigenvalue weighted by Crippen LogP contribution is -1.76. The van der Waals surface area contributed by atoms with Gasteiger partial charge in [0.1, 0.15) is 0 Å². The zero-order chi connectivity index (χ0) is 8.49. The summed E-state index contributed by atoms with van der Waals surface area (Å²) in [7, 11) is 7.50. The van der Waals surface area contributed by atoms with Gasteiger partial charge < -0.3 is 0 Å². The molecule has 1 aliphatic heterocycles. The molecular weight excluding hydrogens is 224 g/mol. The zero-order valence-electron chi connectivity index (χ0n) is 6.77. The standard InChI is InChI=1S/C8H12S4/c1-2-4-6-8-10-12-11-9-7-5-3-1/h1,3,5,7H,2,4,6,8H2/b3-1+,7-5-. The topological polar surface area (TPSA) is 0 Å². The second kappa shape index (κ2) is 8.48. The summed E-state index contributed by atoms with van der Waals surface area (Å²) in [5, 5.41) is 2.14. The van der Waals surface area contributed by atoms with E-state index in [1.165, 1.54) is 25.0 Å². The van der Waals surface area contributed by atoms with Crippen LogP contribution in [0.3, 0.4) is 0 Å². The molecule has 0 aromatic carbocycles. The van der Waals surface area contributed by atoms with Gasteiger partial charge in [-0.3, -0.25) is 0 Å². The molecule has 1 heterocycles. The summed E-state index contributed by atoms with van der Waals surface area (Å²) in [5.74, 6) is 1.29. The smallest absolute Gasteiger partial charge is 0.00455 e. The molecule has 4 heteroatoms. The molecule has 0 spiro atoms. The van der Waals surface area contributed by atoms with Crippen LogP contribution in [0.15, 0.2) is 23.6 Å². The van der Waals surface area contributed by atoms with E-state index in [4.69, 9.17) is 0 Å². The molecule has 0 radical (unpaired) electrons. The van der Waals surface area contributed by atoms with Gasteiger partial charge in [-0.05, 0) is 44.3 Å². The van der Waals surface area contributed by atoms with E-state index in [0.29, 0.717) is 0 Å². The maximum absolute atomic E-state index is 2.25. The van der Waals surface area contributed by atoms with Gasteiger partial charge in [0.05, 0.1) is 0 Å². The molecule has 0 N–H and O–H groups in total. The van der Waals surface area contributed by atoms with Crippen molar-refractivity contribution in [3.63, 3.8) is 0 Å². The summed E-state index contributed by atoms with van der Waals surface area (Å²) in [4.78, 5) is 0. The summed E-state index contributed by atoms with van der Waals surface area (Å²) in [5.41, 5.74) is 0. The molecular formula is C8H12S4. The first-order chi connectivity index (χ1) is 6.00. The Morgan fingerprint density at radius 1 is 1.00 bits per heavy atom. The van der Waals surface area contributed by atoms with Gasteiger partial charge in [0.25, 0.3) is 0 Å². The van der Waals surface area contributed by atoms with Crippen molar-refractivity contribution in [2.45, 2.75) is 19.3 Å². The Balaban J connectivity index is 2.21. The van der Waals surface area contributed by atoms with E-state index in [2.05, 4.69) is 23.6 Å². The van der Waals surface area contributed by atoms with Crippen molar-refractivity contribution in [1.82, 2.24) is 0 Å². The van der Waals surface area contributed by atoms with E-state index in [-0.39, 0.29) is 0 Å². The molecule has 0 atom stereocenters. The molecule has 0 bridgehead atoms. The van der Waals surface area contributed by atoms with Crippen molar-refractivity contribution < 1.29 is 0 Å². The lowest BCUT2D eigenvalue weighted by molar-refractivity contribution is 0.824. The van der Waals surface area contributed by atoms with Gasteiger partial charge in [-0.15, -0.1) is 0 Å². The highest BCUT2D eigenvalue weighted by Crippen LogP contribution is 2.43. The monoisotopic (exact) mass is 236 g/mol. The third kappa shape index (κ3) is 6.40. The summed E-state index contributed by atoms with van der Waals surface area (Å²) in [6, 6.07) is 0. The van der Waals surface area contributed by atoms with Crippen molar-refractivity contribution in [3.05, 3.63) is 23.6 Å². The van der Waals surface area contributed by atoms with E-state index < -0.39 is 0 Å². The van der Waals surface area contributed by atoms with Gasteiger partial charge in [0.15, 0.2) is 0 Å². The third-order valence-electron chi connectivity index (χ3n) is 1.34. The first-order valence-electron chi connectivity index (χ1n) is 3.93. The average molecular weight is 236 g/mol. The number of rotatable bonds is 0. The highest BCUT2D eigenvalue weighted by atomic mass is 33.7. The lowest BCUT2D eigenvalue weighted by atomic mass is 10.2. The second-order valence-corrected chi connectivity index (χ2v) is 8.24. The molecule has 1 rings (SSSR count). The minimum absolute atomic E-state index is 1.23. The fourth-order valence-electron chi connectivity index (χ4n) is 0.768. The van der Waals surface area contributed by atoms with Crippen LogP contribution in [-0.4, -0.2) is 5.75 Å². The van der Waals surface area contributed by atoms with Gasteiger partial charge in [-0.1, -0.05) is 39.8 Å². The van der Waals surface area contributed by atoms with Crippen LogP contribution in [0.2, 0.25) is 0 Å². The molecule has 0 aromatic heterocycles. The van der Waals surface area contributed by atoms with E-state index in [0.717, 1.165) is 0 Å². The van der Waals surface area contributed by atoms with Crippen LogP contribution >= 0.6 is 41.2 Å². The summed E-state index contributed by atoms with van der Waals surface area (Å²) >= 11 is 0. The lowest BCUT2D eigenvalue weighted by Gasteiger charge is -1.98. The van der Waals surface area contributed by atoms with Crippen LogP contribution in [-0.2, 0) is 0 Å². The van der Waals surface area contributed by atoms with Gasteiger partial charge in [0, 0.05) is 5.75 Å². The Labute approximate surface area is 89.6 Å². The first-order valence-corrected chi connectivity index (χ1v) is 8.98. The van der Waals surface area contributed by atoms with Gasteiger partial charge >= 0.3 is 0 Å². The molecule has 0 fully saturated rings. The van der Waals surface area contributed by atoms with Crippen LogP contribution in [0.1, 0.15) is 19.3 Å². The highest BCUT2D eigenvalue weighted by Gasteiger charge is 1.92. The Morgan fingerprint density at radius 2 is 2.00 bits per heavy atom. The molecule has 0 aromatic rings. The van der Waals surface area contributed by atoms with Crippen LogP contribution in [0.5, 0.6) is 0 Å². The maximum Gasteiger partial charge on any atom is 0.00455 e. The number of allylic oxidation sites excluding steroid dienone is 3. The fourth-order valence-corrected chi connectivity index (χ4v) is 6.12. The Bertz CT molecular complexity index is 135. The van der Waals surface area contributed by atoms with Crippen LogP contribution in [0.4, 0.5) is 0 Å². The number of hydrogen-bond acceptors (Lipinski definition) is 4. The van der Waals surface area contributed by atoms with Crippen molar-refractivity contribution in [2.75, 3.05) is 5.75 Å². The molecule has 0 amide bonds. The van der Waals surface area contributed by atoms with Crippen LogP contribution in [0, 0.1) is 0 Å². The van der Waals surface area contributed by atoms with Crippen molar-refractivity contribution in [1.29, 1.82) is 0 Å². The van der Waals surface area contributed by atoms with E-state index in [1.54, 1.807) is 10.8 Å². The van der Waals surface area contributed by atoms with E-state index in [9.17, 15) is 0 Å². The van der Waals surface area contributed by atoms with Gasteiger partial charge in [-0.2, -0.15) is 0 Å². The summed E-state index contributed by atoms with van der Waals surface area (Å²) < 4.78 is 0. The minimum Gasteiger partial charge on any atom is -0.0845 e. The van der Waals surface area contributed by atoms with Crippen molar-refractivity contribution in [3.8, 4) is 0 Å². The van der Waals surface area contributed by atoms with Crippen molar-refractivity contribution in [2.24, 2.45) is 0 Å². The highest BCUT2D eigenvalue weighted by molar-refractivity contribution is 9.26. The summed E-state index contributed by atoms with van der Waals surface area (Å²) in [6.45, 7) is 0. The molecule has 0 saturated carbocycles. The van der Waals surface area contributed by atoms with Gasteiger partial charge in [-0.25, -0.2) is 0 Å². The minimum atomic E-state index is 1.23. The molecule has 1 aliphatic rings. The average Bonchev–Trinajstić information content (AvgIpc) is 2.05. The molecule has 0 unspecified atom stereocenters. The van der Waals surface area contributed by atoms with E-state index in [1.807, 2.05) is 30.4 Å². The molecule has 0 nitrogen and oxygen atoms in total. The first kappa shape index (κ1) is 11.0. The Kier molecular flexibility index (Phi) is 7.74. The van der Waals surface area contributed by atoms with Crippen molar-refractivity contribution >= 4 is 41.2 Å². The molecule has 12 heavy (non-hydrogen) atoms. The van der Waals surface area contributed by atoms with Gasteiger partial charge in [0.2, 0.25) is 0 Å². The quantitative estimate of drug-likeness (QED) is 0.547.